The first-order valence-corrected chi connectivity index (χ1v) is 11.1. The van der Waals surface area contributed by atoms with Crippen LogP contribution in [0, 0.1) is 5.82 Å². The molecule has 2 amide bonds. The van der Waals surface area contributed by atoms with Gasteiger partial charge in [-0.25, -0.2) is 9.37 Å². The van der Waals surface area contributed by atoms with Crippen molar-refractivity contribution in [3.8, 4) is 5.88 Å². The average Bonchev–Trinajstić information content (AvgIpc) is 3.59. The van der Waals surface area contributed by atoms with Crippen molar-refractivity contribution in [2.24, 2.45) is 0 Å². The van der Waals surface area contributed by atoms with Crippen LogP contribution in [0.3, 0.4) is 0 Å². The van der Waals surface area contributed by atoms with Crippen LogP contribution in [-0.4, -0.2) is 63.4 Å². The third-order valence-corrected chi connectivity index (χ3v) is 6.48. The summed E-state index contributed by atoms with van der Waals surface area (Å²) in [5.41, 5.74) is -1.22. The number of hydrogen-bond acceptors (Lipinski definition) is 5. The van der Waals surface area contributed by atoms with Gasteiger partial charge in [-0.3, -0.25) is 14.6 Å². The molecule has 34 heavy (non-hydrogen) atoms. The van der Waals surface area contributed by atoms with E-state index in [1.807, 2.05) is 0 Å². The quantitative estimate of drug-likeness (QED) is 0.630. The number of rotatable bonds is 4. The number of hydrogen-bond donors (Lipinski definition) is 0. The number of amides is 2. The standard InChI is InChI=1S/C23H22F4N4O3/c24-21-16(2-1-3-17(21)23(25,26)27)22(33)30-7-6-20(32)31-12-15(8-14(31)11-30)34-19-10-28-18(9-29-19)13-4-5-13/h1-3,9-10,13-15H,4-8,11-12H2/t14-,15-/m1/s1. The van der Waals surface area contributed by atoms with Crippen molar-refractivity contribution in [3.63, 3.8) is 0 Å². The molecule has 2 atom stereocenters. The summed E-state index contributed by atoms with van der Waals surface area (Å²) in [5.74, 6) is -1.85. The lowest BCUT2D eigenvalue weighted by molar-refractivity contribution is -0.140. The molecule has 11 heteroatoms. The first kappa shape index (κ1) is 22.5. The molecule has 1 saturated carbocycles. The van der Waals surface area contributed by atoms with E-state index in [2.05, 4.69) is 9.97 Å². The zero-order valence-corrected chi connectivity index (χ0v) is 18.1. The Labute approximate surface area is 192 Å². The first-order valence-electron chi connectivity index (χ1n) is 11.1. The van der Waals surface area contributed by atoms with Crippen molar-refractivity contribution >= 4 is 11.8 Å². The molecule has 2 aliphatic heterocycles. The molecule has 2 saturated heterocycles. The highest BCUT2D eigenvalue weighted by atomic mass is 19.4. The van der Waals surface area contributed by atoms with Crippen LogP contribution in [-0.2, 0) is 11.0 Å². The minimum Gasteiger partial charge on any atom is -0.471 e. The number of halogens is 4. The third-order valence-electron chi connectivity index (χ3n) is 6.48. The summed E-state index contributed by atoms with van der Waals surface area (Å²) in [7, 11) is 0. The molecule has 180 valence electrons. The molecule has 5 rings (SSSR count). The van der Waals surface area contributed by atoms with E-state index >= 15 is 0 Å². The largest absolute Gasteiger partial charge is 0.471 e. The summed E-state index contributed by atoms with van der Waals surface area (Å²) in [6.07, 6.45) is 0.585. The van der Waals surface area contributed by atoms with E-state index in [1.165, 1.54) is 4.90 Å². The van der Waals surface area contributed by atoms with Gasteiger partial charge in [0.05, 0.1) is 41.8 Å². The van der Waals surface area contributed by atoms with Crippen LogP contribution in [0.4, 0.5) is 17.6 Å². The number of nitrogens with zero attached hydrogens (tertiary/aromatic N) is 4. The van der Waals surface area contributed by atoms with Gasteiger partial charge < -0.3 is 14.5 Å². The van der Waals surface area contributed by atoms with E-state index in [0.717, 1.165) is 30.7 Å². The minimum absolute atomic E-state index is 0.0000195. The van der Waals surface area contributed by atoms with Gasteiger partial charge in [0.1, 0.15) is 11.9 Å². The summed E-state index contributed by atoms with van der Waals surface area (Å²) < 4.78 is 59.7. The Balaban J connectivity index is 1.29. The zero-order chi connectivity index (χ0) is 24.0. The molecule has 0 spiro atoms. The summed E-state index contributed by atoms with van der Waals surface area (Å²) in [6.45, 7) is 0.377. The van der Waals surface area contributed by atoms with Crippen LogP contribution in [0.1, 0.15) is 53.2 Å². The van der Waals surface area contributed by atoms with Gasteiger partial charge in [0, 0.05) is 31.8 Å². The first-order chi connectivity index (χ1) is 16.2. The van der Waals surface area contributed by atoms with E-state index < -0.39 is 35.1 Å². The number of carbonyl (C=O) groups excluding carboxylic acids is 2. The number of fused-ring (bicyclic) bond motifs is 1. The number of carbonyl (C=O) groups is 2. The highest BCUT2D eigenvalue weighted by molar-refractivity contribution is 5.95. The summed E-state index contributed by atoms with van der Waals surface area (Å²) in [5, 5.41) is 0. The lowest BCUT2D eigenvalue weighted by Gasteiger charge is -2.25. The molecule has 3 heterocycles. The van der Waals surface area contributed by atoms with Crippen LogP contribution in [0.5, 0.6) is 5.88 Å². The van der Waals surface area contributed by atoms with Crippen molar-refractivity contribution < 1.29 is 31.9 Å². The maximum Gasteiger partial charge on any atom is 0.419 e. The van der Waals surface area contributed by atoms with Gasteiger partial charge in [0.25, 0.3) is 5.91 Å². The second kappa shape index (κ2) is 8.52. The molecule has 2 aromatic rings. The maximum absolute atomic E-state index is 14.5. The molecular weight excluding hydrogens is 456 g/mol. The Morgan fingerprint density at radius 1 is 1.12 bits per heavy atom. The lowest BCUT2D eigenvalue weighted by atomic mass is 10.1. The second-order valence-corrected chi connectivity index (χ2v) is 8.90. The smallest absolute Gasteiger partial charge is 0.419 e. The molecule has 7 nitrogen and oxygen atoms in total. The summed E-state index contributed by atoms with van der Waals surface area (Å²) in [4.78, 5) is 37.1. The molecular formula is C23H22F4N4O3. The van der Waals surface area contributed by atoms with Gasteiger partial charge >= 0.3 is 6.18 Å². The Morgan fingerprint density at radius 3 is 2.59 bits per heavy atom. The van der Waals surface area contributed by atoms with Crippen LogP contribution < -0.4 is 4.74 Å². The lowest BCUT2D eigenvalue weighted by Crippen LogP contribution is -2.41. The Bertz CT molecular complexity index is 1100. The highest BCUT2D eigenvalue weighted by Crippen LogP contribution is 2.39. The number of alkyl halides is 3. The van der Waals surface area contributed by atoms with Crippen molar-refractivity contribution in [2.75, 3.05) is 19.6 Å². The van der Waals surface area contributed by atoms with E-state index in [1.54, 1.807) is 17.3 Å². The summed E-state index contributed by atoms with van der Waals surface area (Å²) in [6, 6.07) is 2.24. The minimum atomic E-state index is -4.91. The van der Waals surface area contributed by atoms with Crippen molar-refractivity contribution in [1.29, 1.82) is 0 Å². The Kier molecular flexibility index (Phi) is 5.65. The fourth-order valence-corrected chi connectivity index (χ4v) is 4.58. The van der Waals surface area contributed by atoms with Gasteiger partial charge in [-0.15, -0.1) is 0 Å². The normalized spacial score (nSPS) is 23.0. The molecule has 3 aliphatic rings. The number of ether oxygens (including phenoxy) is 1. The number of aromatic nitrogens is 2. The predicted octanol–water partition coefficient (Wildman–Crippen LogP) is 3.41. The van der Waals surface area contributed by atoms with E-state index in [4.69, 9.17) is 4.74 Å². The molecule has 0 N–H and O–H groups in total. The van der Waals surface area contributed by atoms with E-state index in [9.17, 15) is 27.2 Å². The molecule has 0 radical (unpaired) electrons. The van der Waals surface area contributed by atoms with Gasteiger partial charge in [0.2, 0.25) is 11.8 Å². The van der Waals surface area contributed by atoms with E-state index in [0.29, 0.717) is 30.8 Å². The van der Waals surface area contributed by atoms with Gasteiger partial charge in [0.15, 0.2) is 0 Å². The molecule has 0 unspecified atom stereocenters. The zero-order valence-electron chi connectivity index (χ0n) is 18.1. The topological polar surface area (TPSA) is 75.6 Å². The average molecular weight is 478 g/mol. The predicted molar refractivity (Wildman–Crippen MR) is 110 cm³/mol. The fraction of sp³-hybridized carbons (Fsp3) is 0.478. The van der Waals surface area contributed by atoms with Crippen LogP contribution in [0.15, 0.2) is 30.6 Å². The van der Waals surface area contributed by atoms with Crippen LogP contribution in [0.25, 0.3) is 0 Å². The van der Waals surface area contributed by atoms with Gasteiger partial charge in [-0.05, 0) is 25.0 Å². The fourth-order valence-electron chi connectivity index (χ4n) is 4.58. The third kappa shape index (κ3) is 4.43. The van der Waals surface area contributed by atoms with Crippen molar-refractivity contribution in [1.82, 2.24) is 19.8 Å². The monoisotopic (exact) mass is 478 g/mol. The van der Waals surface area contributed by atoms with Gasteiger partial charge in [-0.2, -0.15) is 13.2 Å². The maximum atomic E-state index is 14.5. The van der Waals surface area contributed by atoms with Crippen LogP contribution in [0.2, 0.25) is 0 Å². The van der Waals surface area contributed by atoms with Gasteiger partial charge in [-0.1, -0.05) is 6.07 Å². The molecule has 1 aromatic carbocycles. The second-order valence-electron chi connectivity index (χ2n) is 8.90. The van der Waals surface area contributed by atoms with E-state index in [-0.39, 0.29) is 31.5 Å². The Morgan fingerprint density at radius 2 is 1.91 bits per heavy atom. The number of benzene rings is 1. The SMILES string of the molecule is O=C(c1cccc(C(F)(F)F)c1F)N1CCC(=O)N2C[C@H](Oc3cnc(C4CC4)cn3)C[C@@H]2C1. The van der Waals surface area contributed by atoms with Crippen molar-refractivity contribution in [3.05, 3.63) is 53.2 Å². The Hall–Kier alpha value is -3.24. The molecule has 0 bridgehead atoms. The summed E-state index contributed by atoms with van der Waals surface area (Å²) >= 11 is 0. The highest BCUT2D eigenvalue weighted by Gasteiger charge is 2.42. The molecule has 1 aliphatic carbocycles. The van der Waals surface area contributed by atoms with Crippen molar-refractivity contribution in [2.45, 2.75) is 49.9 Å². The van der Waals surface area contributed by atoms with Crippen LogP contribution >= 0.6 is 0 Å². The molecule has 3 fully saturated rings. The molecule has 1 aromatic heterocycles.